The van der Waals surface area contributed by atoms with Crippen molar-refractivity contribution in [2.24, 2.45) is 0 Å². The number of thioether (sulfide) groups is 1. The summed E-state index contributed by atoms with van der Waals surface area (Å²) in [5.41, 5.74) is 2.04. The summed E-state index contributed by atoms with van der Waals surface area (Å²) >= 11 is 6.94. The molecule has 8 nitrogen and oxygen atoms in total. The fourth-order valence-electron chi connectivity index (χ4n) is 3.93. The van der Waals surface area contributed by atoms with E-state index in [4.69, 9.17) is 16.3 Å². The molecule has 0 N–H and O–H groups in total. The van der Waals surface area contributed by atoms with E-state index in [1.807, 2.05) is 6.07 Å². The predicted molar refractivity (Wildman–Crippen MR) is 147 cm³/mol. The summed E-state index contributed by atoms with van der Waals surface area (Å²) in [5, 5.41) is 9.69. The number of hydrogen-bond acceptors (Lipinski definition) is 8. The number of carbonyl (C=O) groups excluding carboxylic acids is 4. The van der Waals surface area contributed by atoms with Crippen molar-refractivity contribution in [2.75, 3.05) is 11.5 Å². The summed E-state index contributed by atoms with van der Waals surface area (Å²) in [4.78, 5) is 56.2. The number of halogens is 1. The van der Waals surface area contributed by atoms with E-state index < -0.39 is 23.7 Å². The second kappa shape index (κ2) is 12.7. The van der Waals surface area contributed by atoms with Crippen LogP contribution in [0.3, 0.4) is 0 Å². The zero-order valence-corrected chi connectivity index (χ0v) is 22.6. The third-order valence-electron chi connectivity index (χ3n) is 6.05. The number of pyridine rings is 1. The van der Waals surface area contributed by atoms with Crippen molar-refractivity contribution in [1.29, 1.82) is 5.26 Å². The molecule has 1 saturated heterocycles. The fourth-order valence-corrected chi connectivity index (χ4v) is 5.17. The van der Waals surface area contributed by atoms with Crippen LogP contribution in [0.15, 0.2) is 65.7 Å². The van der Waals surface area contributed by atoms with E-state index in [-0.39, 0.29) is 23.7 Å². The van der Waals surface area contributed by atoms with Gasteiger partial charge in [-0.1, -0.05) is 36.7 Å². The predicted octanol–water partition coefficient (Wildman–Crippen LogP) is 5.41. The van der Waals surface area contributed by atoms with E-state index in [1.54, 1.807) is 30.3 Å². The van der Waals surface area contributed by atoms with Gasteiger partial charge in [-0.25, -0.2) is 14.7 Å². The molecule has 1 aliphatic rings. The SMILES string of the molecule is CCCCc1ccc(C#N)c(SC2CC(=O)N(c3ccc(C(=O)OCC(=O)c4ccc(Cl)cc4)cc3)C2=O)n1. The Morgan fingerprint density at radius 1 is 1.08 bits per heavy atom. The number of ketones is 1. The highest BCUT2D eigenvalue weighted by atomic mass is 35.5. The van der Waals surface area contributed by atoms with Crippen molar-refractivity contribution in [2.45, 2.75) is 42.9 Å². The van der Waals surface area contributed by atoms with E-state index in [9.17, 15) is 24.4 Å². The highest BCUT2D eigenvalue weighted by molar-refractivity contribution is 8.00. The van der Waals surface area contributed by atoms with Crippen molar-refractivity contribution in [3.05, 3.63) is 88.1 Å². The summed E-state index contributed by atoms with van der Waals surface area (Å²) in [6.07, 6.45) is 2.70. The summed E-state index contributed by atoms with van der Waals surface area (Å²) in [7, 11) is 0. The number of aryl methyl sites for hydroxylation is 1. The van der Waals surface area contributed by atoms with E-state index >= 15 is 0 Å². The summed E-state index contributed by atoms with van der Waals surface area (Å²) in [5.74, 6) is -1.90. The molecule has 10 heteroatoms. The number of aromatic nitrogens is 1. The lowest BCUT2D eigenvalue weighted by atomic mass is 10.1. The van der Waals surface area contributed by atoms with Crippen LogP contribution < -0.4 is 4.90 Å². The Kier molecular flexibility index (Phi) is 9.12. The van der Waals surface area contributed by atoms with Crippen LogP contribution in [0.1, 0.15) is 58.2 Å². The van der Waals surface area contributed by atoms with E-state index in [0.29, 0.717) is 26.9 Å². The average Bonchev–Trinajstić information content (AvgIpc) is 3.22. The van der Waals surface area contributed by atoms with Gasteiger partial charge in [0.1, 0.15) is 11.1 Å². The van der Waals surface area contributed by atoms with Gasteiger partial charge in [0.15, 0.2) is 12.4 Å². The molecule has 4 rings (SSSR count). The molecule has 1 aromatic heterocycles. The molecular weight excluding hydrogens is 538 g/mol. The Labute approximate surface area is 234 Å². The molecule has 39 heavy (non-hydrogen) atoms. The number of hydrogen-bond donors (Lipinski definition) is 0. The zero-order chi connectivity index (χ0) is 27.9. The van der Waals surface area contributed by atoms with Gasteiger partial charge in [-0.2, -0.15) is 5.26 Å². The average molecular weight is 562 g/mol. The third-order valence-corrected chi connectivity index (χ3v) is 7.49. The van der Waals surface area contributed by atoms with Crippen molar-refractivity contribution < 1.29 is 23.9 Å². The smallest absolute Gasteiger partial charge is 0.338 e. The van der Waals surface area contributed by atoms with Crippen LogP contribution in [-0.4, -0.2) is 40.4 Å². The highest BCUT2D eigenvalue weighted by Gasteiger charge is 2.40. The molecule has 0 radical (unpaired) electrons. The Bertz CT molecular complexity index is 1450. The number of amides is 2. The lowest BCUT2D eigenvalue weighted by Gasteiger charge is -2.15. The monoisotopic (exact) mass is 561 g/mol. The van der Waals surface area contributed by atoms with E-state index in [1.165, 1.54) is 24.3 Å². The minimum Gasteiger partial charge on any atom is -0.454 e. The van der Waals surface area contributed by atoms with Crippen molar-refractivity contribution in [3.8, 4) is 6.07 Å². The van der Waals surface area contributed by atoms with Gasteiger partial charge in [0, 0.05) is 22.7 Å². The van der Waals surface area contributed by atoms with Crippen LogP contribution >= 0.6 is 23.4 Å². The summed E-state index contributed by atoms with van der Waals surface area (Å²) in [6, 6.07) is 17.7. The van der Waals surface area contributed by atoms with Crippen LogP contribution in [0.2, 0.25) is 5.02 Å². The van der Waals surface area contributed by atoms with Crippen molar-refractivity contribution in [1.82, 2.24) is 4.98 Å². The molecule has 2 aromatic carbocycles. The second-order valence-electron chi connectivity index (χ2n) is 8.80. The van der Waals surface area contributed by atoms with Gasteiger partial charge in [-0.3, -0.25) is 14.4 Å². The standard InChI is InChI=1S/C29H24ClN3O5S/c1-2-3-4-22-12-7-20(16-31)27(32-22)39-25-15-26(35)33(28(25)36)23-13-8-19(9-14-23)29(37)38-17-24(34)18-5-10-21(30)11-6-18/h5-14,25H,2-4,15,17H2,1H3. The Hall–Kier alpha value is -4.00. The molecule has 2 amide bonds. The van der Waals surface area contributed by atoms with Crippen LogP contribution in [-0.2, 0) is 20.7 Å². The minimum atomic E-state index is -0.720. The largest absolute Gasteiger partial charge is 0.454 e. The van der Waals surface area contributed by atoms with Crippen LogP contribution in [0.25, 0.3) is 0 Å². The molecule has 3 aromatic rings. The van der Waals surface area contributed by atoms with Crippen LogP contribution in [0, 0.1) is 11.3 Å². The maximum atomic E-state index is 13.2. The maximum Gasteiger partial charge on any atom is 0.338 e. The summed E-state index contributed by atoms with van der Waals surface area (Å²) in [6.45, 7) is 1.64. The van der Waals surface area contributed by atoms with Crippen molar-refractivity contribution in [3.63, 3.8) is 0 Å². The molecule has 0 saturated carbocycles. The Morgan fingerprint density at radius 3 is 2.44 bits per heavy atom. The number of esters is 1. The molecule has 1 atom stereocenters. The molecule has 0 spiro atoms. The second-order valence-corrected chi connectivity index (χ2v) is 10.4. The number of anilines is 1. The number of Topliss-reactive ketones (excluding diaryl/α,β-unsaturated/α-hetero) is 1. The molecule has 1 aliphatic heterocycles. The normalized spacial score (nSPS) is 14.8. The van der Waals surface area contributed by atoms with Gasteiger partial charge in [0.25, 0.3) is 0 Å². The molecule has 0 bridgehead atoms. The summed E-state index contributed by atoms with van der Waals surface area (Å²) < 4.78 is 5.12. The number of ether oxygens (including phenoxy) is 1. The molecule has 2 heterocycles. The molecular formula is C29H24ClN3O5S. The fraction of sp³-hybridized carbons (Fsp3) is 0.241. The number of carbonyl (C=O) groups is 4. The number of nitrogens with zero attached hydrogens (tertiary/aromatic N) is 3. The first-order valence-corrected chi connectivity index (χ1v) is 13.6. The highest BCUT2D eigenvalue weighted by Crippen LogP contribution is 2.35. The maximum absolute atomic E-state index is 13.2. The zero-order valence-electron chi connectivity index (χ0n) is 21.1. The quantitative estimate of drug-likeness (QED) is 0.183. The van der Waals surface area contributed by atoms with Gasteiger partial charge in [-0.05, 0) is 73.5 Å². The van der Waals surface area contributed by atoms with E-state index in [0.717, 1.165) is 41.6 Å². The first kappa shape index (κ1) is 28.0. The van der Waals surface area contributed by atoms with Gasteiger partial charge < -0.3 is 4.74 Å². The van der Waals surface area contributed by atoms with Crippen LogP contribution in [0.4, 0.5) is 5.69 Å². The molecule has 198 valence electrons. The number of rotatable bonds is 10. The topological polar surface area (TPSA) is 117 Å². The van der Waals surface area contributed by atoms with E-state index in [2.05, 4.69) is 18.0 Å². The minimum absolute atomic E-state index is 0.0359. The number of nitriles is 1. The third kappa shape index (κ3) is 6.72. The number of imide groups is 1. The Morgan fingerprint density at radius 2 is 1.77 bits per heavy atom. The van der Waals surface area contributed by atoms with Crippen LogP contribution in [0.5, 0.6) is 0 Å². The Balaban J connectivity index is 1.40. The number of unbranched alkanes of at least 4 members (excludes halogenated alkanes) is 1. The number of benzene rings is 2. The van der Waals surface area contributed by atoms with Gasteiger partial charge in [0.05, 0.1) is 22.1 Å². The van der Waals surface area contributed by atoms with Gasteiger partial charge >= 0.3 is 5.97 Å². The molecule has 1 fully saturated rings. The molecule has 1 unspecified atom stereocenters. The first-order valence-electron chi connectivity index (χ1n) is 12.3. The lowest BCUT2D eigenvalue weighted by molar-refractivity contribution is -0.121. The van der Waals surface area contributed by atoms with Gasteiger partial charge in [-0.15, -0.1) is 0 Å². The molecule has 0 aliphatic carbocycles. The van der Waals surface area contributed by atoms with Gasteiger partial charge in [0.2, 0.25) is 11.8 Å². The van der Waals surface area contributed by atoms with Crippen molar-refractivity contribution >= 4 is 52.6 Å². The first-order chi connectivity index (χ1) is 18.8. The lowest BCUT2D eigenvalue weighted by Crippen LogP contribution is -2.31.